The average Bonchev–Trinajstić information content (AvgIpc) is 2.78. The fourth-order valence-electron chi connectivity index (χ4n) is 2.64. The second-order valence-electron chi connectivity index (χ2n) is 5.00. The van der Waals surface area contributed by atoms with Gasteiger partial charge in [-0.1, -0.05) is 12.1 Å². The summed E-state index contributed by atoms with van der Waals surface area (Å²) in [6.45, 7) is 2.89. The summed E-state index contributed by atoms with van der Waals surface area (Å²) in [6, 6.07) is 12.1. The molecule has 0 N–H and O–H groups in total. The standard InChI is InChI=1S/C16H16N2O/c17-10-13-3-1-4-14(9-13)11-18-7-2-5-16-15(12-18)6-8-19-16/h1,3-4,6,8-9H,2,5,7,11-12H2. The molecule has 3 nitrogen and oxygen atoms in total. The summed E-state index contributed by atoms with van der Waals surface area (Å²) >= 11 is 0. The Bertz CT molecular complexity index is 609. The molecule has 1 aliphatic rings. The van der Waals surface area contributed by atoms with Crippen LogP contribution < -0.4 is 0 Å². The molecule has 2 heterocycles. The number of nitrogens with zero attached hydrogens (tertiary/aromatic N) is 2. The first-order valence-electron chi connectivity index (χ1n) is 6.62. The van der Waals surface area contributed by atoms with Gasteiger partial charge in [-0.25, -0.2) is 0 Å². The lowest BCUT2D eigenvalue weighted by molar-refractivity contribution is 0.261. The number of hydrogen-bond donors (Lipinski definition) is 0. The second-order valence-corrected chi connectivity index (χ2v) is 5.00. The Morgan fingerprint density at radius 3 is 3.16 bits per heavy atom. The molecule has 0 saturated heterocycles. The molecule has 1 aromatic carbocycles. The van der Waals surface area contributed by atoms with Crippen LogP contribution >= 0.6 is 0 Å². The van der Waals surface area contributed by atoms with Crippen molar-refractivity contribution in [1.82, 2.24) is 4.90 Å². The fraction of sp³-hybridized carbons (Fsp3) is 0.312. The summed E-state index contributed by atoms with van der Waals surface area (Å²) in [5, 5.41) is 8.94. The van der Waals surface area contributed by atoms with Gasteiger partial charge in [-0.05, 0) is 36.7 Å². The molecule has 1 aliphatic heterocycles. The van der Waals surface area contributed by atoms with Gasteiger partial charge in [0.05, 0.1) is 17.9 Å². The van der Waals surface area contributed by atoms with Gasteiger partial charge in [-0.2, -0.15) is 5.26 Å². The van der Waals surface area contributed by atoms with E-state index in [-0.39, 0.29) is 0 Å². The van der Waals surface area contributed by atoms with E-state index in [2.05, 4.69) is 23.1 Å². The minimum Gasteiger partial charge on any atom is -0.469 e. The van der Waals surface area contributed by atoms with Gasteiger partial charge in [0.1, 0.15) is 5.76 Å². The number of rotatable bonds is 2. The highest BCUT2D eigenvalue weighted by atomic mass is 16.3. The first kappa shape index (κ1) is 12.0. The van der Waals surface area contributed by atoms with Gasteiger partial charge in [0.25, 0.3) is 0 Å². The molecule has 0 aliphatic carbocycles. The van der Waals surface area contributed by atoms with Gasteiger partial charge < -0.3 is 4.42 Å². The van der Waals surface area contributed by atoms with Gasteiger partial charge in [0.2, 0.25) is 0 Å². The third-order valence-corrected chi connectivity index (χ3v) is 3.57. The normalized spacial score (nSPS) is 15.5. The summed E-state index contributed by atoms with van der Waals surface area (Å²) in [4.78, 5) is 2.41. The number of aryl methyl sites for hydroxylation is 1. The Morgan fingerprint density at radius 1 is 1.32 bits per heavy atom. The van der Waals surface area contributed by atoms with E-state index < -0.39 is 0 Å². The van der Waals surface area contributed by atoms with E-state index >= 15 is 0 Å². The molecule has 0 saturated carbocycles. The van der Waals surface area contributed by atoms with Crippen LogP contribution in [0, 0.1) is 11.3 Å². The van der Waals surface area contributed by atoms with Crippen molar-refractivity contribution in [3.63, 3.8) is 0 Å². The summed E-state index contributed by atoms with van der Waals surface area (Å²) in [6.07, 6.45) is 3.93. The van der Waals surface area contributed by atoms with Crippen LogP contribution in [-0.2, 0) is 19.5 Å². The van der Waals surface area contributed by atoms with Crippen molar-refractivity contribution in [1.29, 1.82) is 5.26 Å². The topological polar surface area (TPSA) is 40.2 Å². The van der Waals surface area contributed by atoms with Crippen LogP contribution in [0.25, 0.3) is 0 Å². The molecule has 0 spiro atoms. The van der Waals surface area contributed by atoms with E-state index in [0.29, 0.717) is 0 Å². The summed E-state index contributed by atoms with van der Waals surface area (Å²) in [5.41, 5.74) is 3.23. The van der Waals surface area contributed by atoms with Crippen LogP contribution in [-0.4, -0.2) is 11.4 Å². The Labute approximate surface area is 113 Å². The number of furan rings is 1. The lowest BCUT2D eigenvalue weighted by Gasteiger charge is -2.19. The molecule has 0 bridgehead atoms. The molecule has 2 aromatic rings. The van der Waals surface area contributed by atoms with Crippen LogP contribution in [0.5, 0.6) is 0 Å². The third kappa shape index (κ3) is 2.69. The van der Waals surface area contributed by atoms with Gasteiger partial charge >= 0.3 is 0 Å². The fourth-order valence-corrected chi connectivity index (χ4v) is 2.64. The molecule has 3 rings (SSSR count). The van der Waals surface area contributed by atoms with E-state index in [4.69, 9.17) is 9.68 Å². The zero-order valence-corrected chi connectivity index (χ0v) is 10.8. The highest BCUT2D eigenvalue weighted by Gasteiger charge is 2.16. The average molecular weight is 252 g/mol. The second kappa shape index (κ2) is 5.29. The Balaban J connectivity index is 1.75. The lowest BCUT2D eigenvalue weighted by Crippen LogP contribution is -2.22. The van der Waals surface area contributed by atoms with E-state index in [1.807, 2.05) is 18.2 Å². The van der Waals surface area contributed by atoms with Crippen LogP contribution in [0.2, 0.25) is 0 Å². The molecular formula is C16H16N2O. The predicted octanol–water partition coefficient (Wildman–Crippen LogP) is 3.10. The van der Waals surface area contributed by atoms with E-state index in [0.717, 1.165) is 43.8 Å². The van der Waals surface area contributed by atoms with E-state index in [9.17, 15) is 0 Å². The van der Waals surface area contributed by atoms with Gasteiger partial charge in [0.15, 0.2) is 0 Å². The van der Waals surface area contributed by atoms with Crippen LogP contribution in [0.1, 0.15) is 28.9 Å². The van der Waals surface area contributed by atoms with Crippen LogP contribution in [0.15, 0.2) is 41.0 Å². The van der Waals surface area contributed by atoms with Gasteiger partial charge in [0, 0.05) is 25.1 Å². The van der Waals surface area contributed by atoms with E-state index in [1.165, 1.54) is 11.1 Å². The summed E-state index contributed by atoms with van der Waals surface area (Å²) in [5.74, 6) is 1.13. The molecule has 3 heteroatoms. The minimum atomic E-state index is 0.733. The number of hydrogen-bond acceptors (Lipinski definition) is 3. The van der Waals surface area contributed by atoms with Crippen molar-refractivity contribution in [2.45, 2.75) is 25.9 Å². The molecule has 1 aromatic heterocycles. The lowest BCUT2D eigenvalue weighted by atomic mass is 10.1. The third-order valence-electron chi connectivity index (χ3n) is 3.57. The Kier molecular flexibility index (Phi) is 3.35. The Hall–Kier alpha value is -2.05. The van der Waals surface area contributed by atoms with E-state index in [1.54, 1.807) is 6.26 Å². The first-order chi connectivity index (χ1) is 9.35. The molecule has 0 amide bonds. The highest BCUT2D eigenvalue weighted by molar-refractivity contribution is 5.32. The SMILES string of the molecule is N#Cc1cccc(CN2CCCc3occc3C2)c1. The van der Waals surface area contributed by atoms with Gasteiger partial charge in [-0.3, -0.25) is 4.90 Å². The highest BCUT2D eigenvalue weighted by Crippen LogP contribution is 2.21. The molecule has 0 unspecified atom stereocenters. The molecule has 19 heavy (non-hydrogen) atoms. The zero-order chi connectivity index (χ0) is 13.1. The number of benzene rings is 1. The monoisotopic (exact) mass is 252 g/mol. The van der Waals surface area contributed by atoms with Crippen molar-refractivity contribution >= 4 is 0 Å². The molecule has 96 valence electrons. The summed E-state index contributed by atoms with van der Waals surface area (Å²) in [7, 11) is 0. The smallest absolute Gasteiger partial charge is 0.108 e. The molecule has 0 atom stereocenters. The van der Waals surface area contributed by atoms with Gasteiger partial charge in [-0.15, -0.1) is 0 Å². The minimum absolute atomic E-state index is 0.733. The zero-order valence-electron chi connectivity index (χ0n) is 10.8. The summed E-state index contributed by atoms with van der Waals surface area (Å²) < 4.78 is 5.50. The van der Waals surface area contributed by atoms with Crippen LogP contribution in [0.3, 0.4) is 0 Å². The molecule has 0 fully saturated rings. The van der Waals surface area contributed by atoms with Crippen molar-refractivity contribution < 1.29 is 4.42 Å². The maximum absolute atomic E-state index is 8.94. The maximum Gasteiger partial charge on any atom is 0.108 e. The van der Waals surface area contributed by atoms with Crippen LogP contribution in [0.4, 0.5) is 0 Å². The Morgan fingerprint density at radius 2 is 2.26 bits per heavy atom. The van der Waals surface area contributed by atoms with Crippen molar-refractivity contribution in [3.05, 3.63) is 59.0 Å². The predicted molar refractivity (Wildman–Crippen MR) is 72.3 cm³/mol. The number of nitriles is 1. The van der Waals surface area contributed by atoms with Crippen molar-refractivity contribution in [2.75, 3.05) is 6.54 Å². The first-order valence-corrected chi connectivity index (χ1v) is 6.62. The maximum atomic E-state index is 8.94. The number of fused-ring (bicyclic) bond motifs is 1. The molecular weight excluding hydrogens is 236 g/mol. The van der Waals surface area contributed by atoms with Crippen molar-refractivity contribution in [2.24, 2.45) is 0 Å². The molecule has 0 radical (unpaired) electrons. The largest absolute Gasteiger partial charge is 0.469 e. The quantitative estimate of drug-likeness (QED) is 0.824. The van der Waals surface area contributed by atoms with Crippen molar-refractivity contribution in [3.8, 4) is 6.07 Å².